The third-order valence-electron chi connectivity index (χ3n) is 2.99. The molecule has 3 rings (SSSR count). The van der Waals surface area contributed by atoms with E-state index in [0.29, 0.717) is 17.0 Å². The lowest BCUT2D eigenvalue weighted by Crippen LogP contribution is -2.05. The second-order valence-corrected chi connectivity index (χ2v) is 5.63. The number of hydrogen-bond acceptors (Lipinski definition) is 6. The Kier molecular flexibility index (Phi) is 3.55. The largest absolute Gasteiger partial charge is 0.493 e. The van der Waals surface area contributed by atoms with Crippen molar-refractivity contribution in [2.45, 2.75) is 13.1 Å². The van der Waals surface area contributed by atoms with E-state index < -0.39 is 11.9 Å². The molecule has 23 heavy (non-hydrogen) atoms. The molecule has 0 fully saturated rings. The van der Waals surface area contributed by atoms with E-state index in [-0.39, 0.29) is 16.7 Å². The van der Waals surface area contributed by atoms with Gasteiger partial charge in [0.05, 0.1) is 11.4 Å². The molecule has 0 aliphatic heterocycles. The van der Waals surface area contributed by atoms with Gasteiger partial charge in [-0.3, -0.25) is 4.68 Å². The maximum Gasteiger partial charge on any atom is 0.434 e. The molecular weight excluding hydrogens is 331 g/mol. The molecule has 6 nitrogen and oxygen atoms in total. The monoisotopic (exact) mass is 341 g/mol. The highest BCUT2D eigenvalue weighted by atomic mass is 32.1. The van der Waals surface area contributed by atoms with Gasteiger partial charge in [0.1, 0.15) is 0 Å². The first-order valence-electron chi connectivity index (χ1n) is 6.36. The summed E-state index contributed by atoms with van der Waals surface area (Å²) in [5.41, 5.74) is 0.677. The lowest BCUT2D eigenvalue weighted by atomic mass is 10.2. The molecule has 0 radical (unpaired) electrons. The molecular formula is C13H10F3N5OS. The zero-order chi connectivity index (χ0) is 16.8. The summed E-state index contributed by atoms with van der Waals surface area (Å²) in [5.74, 6) is -0.416. The van der Waals surface area contributed by atoms with Crippen molar-refractivity contribution >= 4 is 11.3 Å². The van der Waals surface area contributed by atoms with Crippen molar-refractivity contribution in [3.05, 3.63) is 29.0 Å². The lowest BCUT2D eigenvalue weighted by Gasteiger charge is -2.03. The Morgan fingerprint density at radius 2 is 1.96 bits per heavy atom. The van der Waals surface area contributed by atoms with E-state index in [0.717, 1.165) is 16.7 Å². The van der Waals surface area contributed by atoms with Crippen LogP contribution in [0.4, 0.5) is 13.2 Å². The van der Waals surface area contributed by atoms with E-state index >= 15 is 0 Å². The quantitative estimate of drug-likeness (QED) is 0.775. The van der Waals surface area contributed by atoms with Crippen molar-refractivity contribution in [3.63, 3.8) is 0 Å². The van der Waals surface area contributed by atoms with E-state index in [9.17, 15) is 18.3 Å². The maximum atomic E-state index is 12.6. The van der Waals surface area contributed by atoms with E-state index in [4.69, 9.17) is 0 Å². The number of aryl methyl sites for hydroxylation is 2. The van der Waals surface area contributed by atoms with Gasteiger partial charge in [0.25, 0.3) is 0 Å². The average Bonchev–Trinajstić information content (AvgIpc) is 3.04. The van der Waals surface area contributed by atoms with Gasteiger partial charge in [0, 0.05) is 30.3 Å². The van der Waals surface area contributed by atoms with Crippen LogP contribution in [0.25, 0.3) is 22.1 Å². The minimum absolute atomic E-state index is 0.0176. The fourth-order valence-corrected chi connectivity index (χ4v) is 2.78. The summed E-state index contributed by atoms with van der Waals surface area (Å²) < 4.78 is 39.5. The molecule has 3 aromatic rings. The molecule has 120 valence electrons. The number of nitrogens with zero attached hydrogens (tertiary/aromatic N) is 5. The third-order valence-corrected chi connectivity index (χ3v) is 3.83. The van der Waals surface area contributed by atoms with Crippen molar-refractivity contribution in [2.75, 3.05) is 0 Å². The molecule has 0 saturated carbocycles. The minimum atomic E-state index is -4.53. The molecule has 3 heterocycles. The summed E-state index contributed by atoms with van der Waals surface area (Å²) in [7, 11) is 1.73. The molecule has 0 bridgehead atoms. The molecule has 0 atom stereocenters. The van der Waals surface area contributed by atoms with Gasteiger partial charge in [0.2, 0.25) is 5.88 Å². The van der Waals surface area contributed by atoms with E-state index in [1.54, 1.807) is 24.9 Å². The van der Waals surface area contributed by atoms with Crippen LogP contribution in [0.2, 0.25) is 0 Å². The minimum Gasteiger partial charge on any atom is -0.493 e. The van der Waals surface area contributed by atoms with E-state index in [1.165, 1.54) is 6.07 Å². The first kappa shape index (κ1) is 15.4. The summed E-state index contributed by atoms with van der Waals surface area (Å²) in [6, 6.07) is 1.33. The zero-order valence-electron chi connectivity index (χ0n) is 12.0. The lowest BCUT2D eigenvalue weighted by molar-refractivity contribution is -0.140. The van der Waals surface area contributed by atoms with Crippen molar-refractivity contribution < 1.29 is 18.3 Å². The first-order valence-corrected chi connectivity index (χ1v) is 7.24. The van der Waals surface area contributed by atoms with Crippen LogP contribution in [0.1, 0.15) is 11.4 Å². The standard InChI is InChI=1S/C13H10F3N5OS/c1-6-7(4-21(2)20-6)8-3-10(22)19-11(17-8)12-18-9(5-23-12)13(14,15)16/h3-5H,1-2H3,(H,17,19,22). The molecule has 0 saturated heterocycles. The van der Waals surface area contributed by atoms with Crippen LogP contribution < -0.4 is 0 Å². The number of aromatic hydroxyl groups is 1. The van der Waals surface area contributed by atoms with Crippen LogP contribution in [0.15, 0.2) is 17.6 Å². The molecule has 3 aromatic heterocycles. The second-order valence-electron chi connectivity index (χ2n) is 4.77. The highest BCUT2D eigenvalue weighted by Gasteiger charge is 2.34. The third kappa shape index (κ3) is 3.02. The van der Waals surface area contributed by atoms with Crippen molar-refractivity contribution in [1.82, 2.24) is 24.7 Å². The van der Waals surface area contributed by atoms with Gasteiger partial charge in [-0.1, -0.05) is 0 Å². The summed E-state index contributed by atoms with van der Waals surface area (Å²) >= 11 is 0.763. The molecule has 0 aromatic carbocycles. The normalized spacial score (nSPS) is 11.9. The van der Waals surface area contributed by atoms with Gasteiger partial charge in [-0.15, -0.1) is 11.3 Å². The zero-order valence-corrected chi connectivity index (χ0v) is 12.8. The smallest absolute Gasteiger partial charge is 0.434 e. The van der Waals surface area contributed by atoms with Crippen molar-refractivity contribution in [1.29, 1.82) is 0 Å². The van der Waals surface area contributed by atoms with Gasteiger partial charge >= 0.3 is 6.18 Å². The SMILES string of the molecule is Cc1nn(C)cc1-c1cc(O)nc(-c2nc(C(F)(F)F)cs2)n1. The van der Waals surface area contributed by atoms with Gasteiger partial charge < -0.3 is 5.11 Å². The number of alkyl halides is 3. The van der Waals surface area contributed by atoms with Crippen LogP contribution in [0, 0.1) is 6.92 Å². The van der Waals surface area contributed by atoms with Gasteiger partial charge in [-0.25, -0.2) is 9.97 Å². The van der Waals surface area contributed by atoms with Crippen molar-refractivity contribution in [3.8, 4) is 28.0 Å². The predicted molar refractivity (Wildman–Crippen MR) is 76.7 cm³/mol. The van der Waals surface area contributed by atoms with E-state index in [1.807, 2.05) is 0 Å². The number of hydrogen-bond donors (Lipinski definition) is 1. The Morgan fingerprint density at radius 1 is 1.22 bits per heavy atom. The van der Waals surface area contributed by atoms with E-state index in [2.05, 4.69) is 20.1 Å². The number of halogens is 3. The summed E-state index contributed by atoms with van der Waals surface area (Å²) in [6.45, 7) is 1.76. The summed E-state index contributed by atoms with van der Waals surface area (Å²) in [6.07, 6.45) is -2.84. The highest BCUT2D eigenvalue weighted by molar-refractivity contribution is 7.13. The van der Waals surface area contributed by atoms with Crippen LogP contribution in [0.5, 0.6) is 5.88 Å². The summed E-state index contributed by atoms with van der Waals surface area (Å²) in [4.78, 5) is 11.5. The number of thiazole rings is 1. The molecule has 0 unspecified atom stereocenters. The Bertz CT molecular complexity index is 871. The summed E-state index contributed by atoms with van der Waals surface area (Å²) in [5, 5.41) is 14.8. The fraction of sp³-hybridized carbons (Fsp3) is 0.231. The van der Waals surface area contributed by atoms with Gasteiger partial charge in [0.15, 0.2) is 16.5 Å². The molecule has 0 spiro atoms. The number of rotatable bonds is 2. The van der Waals surface area contributed by atoms with Crippen molar-refractivity contribution in [2.24, 2.45) is 7.05 Å². The molecule has 0 amide bonds. The van der Waals surface area contributed by atoms with Crippen LogP contribution in [0.3, 0.4) is 0 Å². The molecule has 1 N–H and O–H groups in total. The Hall–Kier alpha value is -2.49. The first-order chi connectivity index (χ1) is 10.7. The van der Waals surface area contributed by atoms with Crippen LogP contribution in [-0.4, -0.2) is 29.8 Å². The second kappa shape index (κ2) is 5.30. The average molecular weight is 341 g/mol. The van der Waals surface area contributed by atoms with Gasteiger partial charge in [-0.2, -0.15) is 23.3 Å². The Labute approximate surface area is 132 Å². The maximum absolute atomic E-state index is 12.6. The molecule has 0 aliphatic carbocycles. The predicted octanol–water partition coefficient (Wildman–Crippen LogP) is 3.03. The fourth-order valence-electron chi connectivity index (χ4n) is 2.03. The number of aromatic nitrogens is 5. The Balaban J connectivity index is 2.08. The van der Waals surface area contributed by atoms with Crippen LogP contribution in [-0.2, 0) is 13.2 Å². The molecule has 0 aliphatic rings. The Morgan fingerprint density at radius 3 is 2.52 bits per heavy atom. The highest BCUT2D eigenvalue weighted by Crippen LogP contribution is 2.33. The molecule has 10 heteroatoms. The van der Waals surface area contributed by atoms with Gasteiger partial charge in [-0.05, 0) is 6.92 Å². The topological polar surface area (TPSA) is 76.7 Å². The van der Waals surface area contributed by atoms with Crippen LogP contribution >= 0.6 is 11.3 Å².